The highest BCUT2D eigenvalue weighted by atomic mass is 35.5. The van der Waals surface area contributed by atoms with E-state index in [0.717, 1.165) is 0 Å². The predicted octanol–water partition coefficient (Wildman–Crippen LogP) is -2.47. The lowest BCUT2D eigenvalue weighted by molar-refractivity contribution is -0.894. The quantitative estimate of drug-likeness (QED) is 0.230. The van der Waals surface area contributed by atoms with Crippen molar-refractivity contribution in [3.8, 4) is 0 Å². The summed E-state index contributed by atoms with van der Waals surface area (Å²) in [6.07, 6.45) is 0.586. The van der Waals surface area contributed by atoms with Crippen LogP contribution in [0.15, 0.2) is 0 Å². The first kappa shape index (κ1) is 18.7. The number of halogens is 1. The molecule has 0 aliphatic rings. The lowest BCUT2D eigenvalue weighted by atomic mass is 10.9. The number of rotatable bonds is 8. The maximum Gasteiger partial charge on any atom is 0.561 e. The molecule has 0 atom stereocenters. The summed E-state index contributed by atoms with van der Waals surface area (Å²) in [5.74, 6) is 5.94. The largest absolute Gasteiger partial charge is 1.00 e. The van der Waals surface area contributed by atoms with Crippen molar-refractivity contribution in [2.45, 2.75) is 20.8 Å². The number of hydrogen-bond acceptors (Lipinski definition) is 4. The highest BCUT2D eigenvalue weighted by molar-refractivity contribution is 6.60. The summed E-state index contributed by atoms with van der Waals surface area (Å²) in [6.45, 7) is 7.59. The first-order chi connectivity index (χ1) is 6.89. The van der Waals surface area contributed by atoms with Crippen LogP contribution in [-0.4, -0.2) is 53.5 Å². The van der Waals surface area contributed by atoms with Crippen LogP contribution < -0.4 is 18.2 Å². The molecule has 0 saturated heterocycles. The summed E-state index contributed by atoms with van der Waals surface area (Å²) in [5.41, 5.74) is 0. The first-order valence-corrected chi connectivity index (χ1v) is 7.35. The van der Waals surface area contributed by atoms with Gasteiger partial charge < -0.3 is 25.7 Å². The summed E-state index contributed by atoms with van der Waals surface area (Å²) in [5, 5.41) is 0. The van der Waals surface area contributed by atoms with Crippen molar-refractivity contribution in [1.82, 2.24) is 0 Å². The van der Waals surface area contributed by atoms with E-state index in [9.17, 15) is 0 Å². The van der Waals surface area contributed by atoms with E-state index in [1.165, 1.54) is 0 Å². The molecule has 0 aliphatic heterocycles. The van der Waals surface area contributed by atoms with Gasteiger partial charge in [-0.2, -0.15) is 5.84 Å². The zero-order valence-corrected chi connectivity index (χ0v) is 12.7. The Bertz CT molecular complexity index is 162. The van der Waals surface area contributed by atoms with Gasteiger partial charge in [0.25, 0.3) is 0 Å². The molecule has 0 amide bonds. The lowest BCUT2D eigenvalue weighted by Gasteiger charge is -2.33. The Kier molecular flexibility index (Phi) is 9.81. The first-order valence-electron chi connectivity index (χ1n) is 5.42. The van der Waals surface area contributed by atoms with E-state index in [2.05, 4.69) is 0 Å². The molecular formula is C9H25ClN2O3Si. The minimum absolute atomic E-state index is 0. The molecule has 0 saturated carbocycles. The Balaban J connectivity index is 0. The Labute approximate surface area is 106 Å². The molecule has 0 spiro atoms. The number of hydrogen-bond donors (Lipinski definition) is 1. The van der Waals surface area contributed by atoms with E-state index in [1.54, 1.807) is 0 Å². The third kappa shape index (κ3) is 7.56. The molecule has 7 heteroatoms. The van der Waals surface area contributed by atoms with Gasteiger partial charge >= 0.3 is 8.80 Å². The van der Waals surface area contributed by atoms with Crippen molar-refractivity contribution in [2.24, 2.45) is 5.84 Å². The van der Waals surface area contributed by atoms with Crippen LogP contribution in [0.25, 0.3) is 0 Å². The number of nitrogens with two attached hydrogens (primary N) is 1. The van der Waals surface area contributed by atoms with Gasteiger partial charge in [0.2, 0.25) is 0 Å². The van der Waals surface area contributed by atoms with Gasteiger partial charge in [-0.3, -0.25) is 0 Å². The fourth-order valence-corrected chi connectivity index (χ4v) is 4.26. The van der Waals surface area contributed by atoms with Crippen LogP contribution in [0.5, 0.6) is 0 Å². The Hall–Kier alpha value is 0.307. The standard InChI is InChI=1S/C9H25N2O3Si.ClH/c1-6-12-15(13-7-2,14-8-3)9-11(4,5)10;/h6-10H2,1-5H3;1H/q+1;/p-1. The highest BCUT2D eigenvalue weighted by Gasteiger charge is 2.47. The predicted molar refractivity (Wildman–Crippen MR) is 61.8 cm³/mol. The van der Waals surface area contributed by atoms with E-state index < -0.39 is 8.80 Å². The molecule has 0 aromatic heterocycles. The molecule has 0 aliphatic carbocycles. The molecule has 0 unspecified atom stereocenters. The van der Waals surface area contributed by atoms with Gasteiger partial charge in [0.05, 0.1) is 14.1 Å². The fraction of sp³-hybridized carbons (Fsp3) is 1.00. The molecule has 16 heavy (non-hydrogen) atoms. The van der Waals surface area contributed by atoms with Gasteiger partial charge in [-0.25, -0.2) is 4.59 Å². The van der Waals surface area contributed by atoms with Gasteiger partial charge in [0.15, 0.2) is 6.17 Å². The van der Waals surface area contributed by atoms with Crippen LogP contribution in [0.3, 0.4) is 0 Å². The molecule has 0 aromatic carbocycles. The van der Waals surface area contributed by atoms with Gasteiger partial charge in [0.1, 0.15) is 0 Å². The van der Waals surface area contributed by atoms with Crippen molar-refractivity contribution in [3.05, 3.63) is 0 Å². The van der Waals surface area contributed by atoms with Crippen molar-refractivity contribution >= 4 is 8.80 Å². The maximum atomic E-state index is 5.94. The number of nitrogens with zero attached hydrogens (tertiary/aromatic N) is 1. The average molecular weight is 273 g/mol. The fourth-order valence-electron chi connectivity index (χ4n) is 1.42. The zero-order valence-electron chi connectivity index (χ0n) is 11.0. The van der Waals surface area contributed by atoms with Gasteiger partial charge in [-0.15, -0.1) is 0 Å². The third-order valence-electron chi connectivity index (χ3n) is 1.69. The van der Waals surface area contributed by atoms with Gasteiger partial charge in [-0.05, 0) is 20.8 Å². The van der Waals surface area contributed by atoms with Gasteiger partial charge in [-0.1, -0.05) is 0 Å². The summed E-state index contributed by atoms with van der Waals surface area (Å²) < 4.78 is 17.4. The zero-order chi connectivity index (χ0) is 11.9. The molecular weight excluding hydrogens is 248 g/mol. The topological polar surface area (TPSA) is 53.7 Å². The van der Waals surface area contributed by atoms with Crippen LogP contribution in [0.4, 0.5) is 0 Å². The van der Waals surface area contributed by atoms with Crippen LogP contribution in [0.2, 0.25) is 0 Å². The monoisotopic (exact) mass is 272 g/mol. The summed E-state index contributed by atoms with van der Waals surface area (Å²) >= 11 is 0. The van der Waals surface area contributed by atoms with Crippen molar-refractivity contribution in [2.75, 3.05) is 40.1 Å². The summed E-state index contributed by atoms with van der Waals surface area (Å²) in [4.78, 5) is 0. The Morgan fingerprint density at radius 2 is 1.25 bits per heavy atom. The minimum Gasteiger partial charge on any atom is -1.00 e. The molecule has 0 radical (unpaired) electrons. The SMILES string of the molecule is CCO[Si](C[N+](C)(C)N)(OCC)OCC.[Cl-]. The van der Waals surface area contributed by atoms with E-state index >= 15 is 0 Å². The van der Waals surface area contributed by atoms with E-state index in [0.29, 0.717) is 30.6 Å². The minimum atomic E-state index is -2.58. The second-order valence-electron chi connectivity index (χ2n) is 3.92. The molecule has 2 N–H and O–H groups in total. The third-order valence-corrected chi connectivity index (χ3v) is 5.08. The molecule has 5 nitrogen and oxygen atoms in total. The second-order valence-corrected chi connectivity index (χ2v) is 6.47. The Morgan fingerprint density at radius 3 is 1.44 bits per heavy atom. The average Bonchev–Trinajstić information content (AvgIpc) is 2.01. The molecule has 0 aromatic rings. The molecule has 0 rings (SSSR count). The van der Waals surface area contributed by atoms with Crippen LogP contribution in [-0.2, 0) is 13.3 Å². The van der Waals surface area contributed by atoms with Gasteiger partial charge in [0, 0.05) is 19.8 Å². The number of quaternary nitrogens is 1. The van der Waals surface area contributed by atoms with E-state index in [-0.39, 0.29) is 12.4 Å². The smallest absolute Gasteiger partial charge is 0.561 e. The van der Waals surface area contributed by atoms with Crippen LogP contribution >= 0.6 is 0 Å². The van der Waals surface area contributed by atoms with E-state index in [4.69, 9.17) is 19.1 Å². The van der Waals surface area contributed by atoms with Crippen molar-refractivity contribution in [3.63, 3.8) is 0 Å². The highest BCUT2D eigenvalue weighted by Crippen LogP contribution is 2.12. The van der Waals surface area contributed by atoms with Crippen LogP contribution in [0, 0.1) is 0 Å². The van der Waals surface area contributed by atoms with E-state index in [1.807, 2.05) is 34.9 Å². The van der Waals surface area contributed by atoms with Crippen molar-refractivity contribution in [1.29, 1.82) is 0 Å². The molecule has 100 valence electrons. The molecule has 0 heterocycles. The maximum absolute atomic E-state index is 5.94. The van der Waals surface area contributed by atoms with Crippen LogP contribution in [0.1, 0.15) is 20.8 Å². The second kappa shape index (κ2) is 8.41. The normalized spacial score (nSPS) is 12.4. The lowest BCUT2D eigenvalue weighted by Crippen LogP contribution is -3.00. The molecule has 0 fully saturated rings. The summed E-state index contributed by atoms with van der Waals surface area (Å²) in [6, 6.07) is 0. The van der Waals surface area contributed by atoms with Crippen molar-refractivity contribution < 1.29 is 30.3 Å². The summed E-state index contributed by atoms with van der Waals surface area (Å²) in [7, 11) is 1.22. The Morgan fingerprint density at radius 1 is 0.938 bits per heavy atom. The molecule has 0 bridgehead atoms.